The van der Waals surface area contributed by atoms with Crippen LogP contribution in [0.5, 0.6) is 5.75 Å². The summed E-state index contributed by atoms with van der Waals surface area (Å²) in [6, 6.07) is 13.6. The lowest BCUT2D eigenvalue weighted by Crippen LogP contribution is -2.16. The number of carbonyl (C=O) groups excluding carboxylic acids is 2. The van der Waals surface area contributed by atoms with Crippen LogP contribution in [0.2, 0.25) is 5.02 Å². The number of carbonyl (C=O) groups is 2. The minimum absolute atomic E-state index is 0.110. The molecule has 1 atom stereocenters. The lowest BCUT2D eigenvalue weighted by atomic mass is 10.0. The maximum atomic E-state index is 12.4. The fourth-order valence-electron chi connectivity index (χ4n) is 2.24. The molecular formula is C17H13ClO4. The molecule has 4 nitrogen and oxygen atoms in total. The number of hydrogen-bond acceptors (Lipinski definition) is 4. The van der Waals surface area contributed by atoms with Crippen molar-refractivity contribution in [1.29, 1.82) is 0 Å². The first-order valence-electron chi connectivity index (χ1n) is 6.84. The van der Waals surface area contributed by atoms with E-state index in [9.17, 15) is 9.59 Å². The smallest absolute Gasteiger partial charge is 0.309 e. The number of ether oxygens (including phenoxy) is 2. The van der Waals surface area contributed by atoms with Crippen molar-refractivity contribution in [3.8, 4) is 5.75 Å². The molecule has 112 valence electrons. The predicted molar refractivity (Wildman–Crippen MR) is 81.3 cm³/mol. The Morgan fingerprint density at radius 3 is 2.59 bits per heavy atom. The second-order valence-corrected chi connectivity index (χ2v) is 5.43. The van der Waals surface area contributed by atoms with Gasteiger partial charge in [0.2, 0.25) is 0 Å². The molecule has 1 aliphatic heterocycles. The van der Waals surface area contributed by atoms with Crippen molar-refractivity contribution >= 4 is 23.4 Å². The van der Waals surface area contributed by atoms with E-state index < -0.39 is 0 Å². The third-order valence-corrected chi connectivity index (χ3v) is 3.58. The lowest BCUT2D eigenvalue weighted by Gasteiger charge is -2.11. The number of benzene rings is 2. The third-order valence-electron chi connectivity index (χ3n) is 3.33. The van der Waals surface area contributed by atoms with Crippen LogP contribution < -0.4 is 4.74 Å². The number of ketones is 1. The van der Waals surface area contributed by atoms with Gasteiger partial charge >= 0.3 is 5.97 Å². The van der Waals surface area contributed by atoms with Gasteiger partial charge in [0.25, 0.3) is 0 Å². The Morgan fingerprint density at radius 2 is 1.91 bits per heavy atom. The monoisotopic (exact) mass is 316 g/mol. The summed E-state index contributed by atoms with van der Waals surface area (Å²) in [6.07, 6.45) is -0.0663. The highest BCUT2D eigenvalue weighted by Gasteiger charge is 2.25. The van der Waals surface area contributed by atoms with Gasteiger partial charge in [0.05, 0.1) is 6.42 Å². The molecule has 0 bridgehead atoms. The van der Waals surface area contributed by atoms with Crippen LogP contribution in [-0.2, 0) is 9.53 Å². The first kappa shape index (κ1) is 14.6. The standard InChI is InChI=1S/C17H13ClO4/c18-13-6-4-11(5-7-13)17(20)12-2-1-3-14(8-12)22-15-9-16(19)21-10-15/h1-8,15H,9-10H2. The number of cyclic esters (lactones) is 1. The molecule has 0 saturated carbocycles. The zero-order valence-corrected chi connectivity index (χ0v) is 12.4. The van der Waals surface area contributed by atoms with Gasteiger partial charge in [-0.25, -0.2) is 0 Å². The van der Waals surface area contributed by atoms with Crippen LogP contribution in [0.25, 0.3) is 0 Å². The molecule has 2 aromatic carbocycles. The normalized spacial score (nSPS) is 17.1. The Morgan fingerprint density at radius 1 is 1.14 bits per heavy atom. The van der Waals surface area contributed by atoms with Gasteiger partial charge in [-0.3, -0.25) is 9.59 Å². The zero-order chi connectivity index (χ0) is 15.5. The molecule has 22 heavy (non-hydrogen) atoms. The van der Waals surface area contributed by atoms with E-state index in [1.807, 2.05) is 0 Å². The molecule has 0 aromatic heterocycles. The summed E-state index contributed by atoms with van der Waals surface area (Å²) in [4.78, 5) is 23.5. The molecule has 2 aromatic rings. The topological polar surface area (TPSA) is 52.6 Å². The van der Waals surface area contributed by atoms with Crippen molar-refractivity contribution < 1.29 is 19.1 Å². The van der Waals surface area contributed by atoms with E-state index in [-0.39, 0.29) is 30.9 Å². The summed E-state index contributed by atoms with van der Waals surface area (Å²) in [5.41, 5.74) is 1.07. The van der Waals surface area contributed by atoms with Crippen LogP contribution in [0.15, 0.2) is 48.5 Å². The van der Waals surface area contributed by atoms with Crippen LogP contribution in [0.3, 0.4) is 0 Å². The minimum Gasteiger partial charge on any atom is -0.486 e. The zero-order valence-electron chi connectivity index (χ0n) is 11.6. The Hall–Kier alpha value is -2.33. The molecule has 3 rings (SSSR count). The summed E-state index contributed by atoms with van der Waals surface area (Å²) in [5, 5.41) is 0.583. The van der Waals surface area contributed by atoms with Gasteiger partial charge in [-0.1, -0.05) is 23.7 Å². The Balaban J connectivity index is 1.77. The summed E-state index contributed by atoms with van der Waals surface area (Å²) < 4.78 is 10.5. The summed E-state index contributed by atoms with van der Waals surface area (Å²) in [5.74, 6) is 0.169. The van der Waals surface area contributed by atoms with Crippen molar-refractivity contribution in [3.63, 3.8) is 0 Å². The molecule has 0 N–H and O–H groups in total. The Labute approximate surface area is 132 Å². The Bertz CT molecular complexity index is 709. The molecule has 1 fully saturated rings. The number of halogens is 1. The van der Waals surface area contributed by atoms with Crippen LogP contribution in [-0.4, -0.2) is 24.5 Å². The highest BCUT2D eigenvalue weighted by atomic mass is 35.5. The maximum Gasteiger partial charge on any atom is 0.309 e. The van der Waals surface area contributed by atoms with E-state index in [1.54, 1.807) is 48.5 Å². The van der Waals surface area contributed by atoms with Gasteiger partial charge in [-0.05, 0) is 36.4 Å². The van der Waals surface area contributed by atoms with Crippen LogP contribution in [0.4, 0.5) is 0 Å². The van der Waals surface area contributed by atoms with Crippen molar-refractivity contribution in [2.75, 3.05) is 6.61 Å². The van der Waals surface area contributed by atoms with Gasteiger partial charge in [0, 0.05) is 16.1 Å². The van der Waals surface area contributed by atoms with Gasteiger partial charge in [0.15, 0.2) is 5.78 Å². The molecule has 5 heteroatoms. The first-order chi connectivity index (χ1) is 10.6. The lowest BCUT2D eigenvalue weighted by molar-refractivity contribution is -0.137. The second-order valence-electron chi connectivity index (χ2n) is 4.99. The molecular weight excluding hydrogens is 304 g/mol. The first-order valence-corrected chi connectivity index (χ1v) is 7.22. The Kier molecular flexibility index (Phi) is 4.11. The van der Waals surface area contributed by atoms with Crippen molar-refractivity contribution in [1.82, 2.24) is 0 Å². The molecule has 1 saturated heterocycles. The van der Waals surface area contributed by atoms with Crippen LogP contribution >= 0.6 is 11.6 Å². The summed E-state index contributed by atoms with van der Waals surface area (Å²) >= 11 is 5.82. The van der Waals surface area contributed by atoms with Crippen LogP contribution in [0, 0.1) is 0 Å². The third kappa shape index (κ3) is 3.28. The molecule has 0 spiro atoms. The highest BCUT2D eigenvalue weighted by molar-refractivity contribution is 6.30. The maximum absolute atomic E-state index is 12.4. The van der Waals surface area contributed by atoms with E-state index in [0.29, 0.717) is 21.9 Å². The average Bonchev–Trinajstić information content (AvgIpc) is 2.93. The van der Waals surface area contributed by atoms with Crippen LogP contribution in [0.1, 0.15) is 22.3 Å². The highest BCUT2D eigenvalue weighted by Crippen LogP contribution is 2.21. The largest absolute Gasteiger partial charge is 0.486 e. The fourth-order valence-corrected chi connectivity index (χ4v) is 2.36. The molecule has 1 aliphatic rings. The fraction of sp³-hybridized carbons (Fsp3) is 0.176. The summed E-state index contributed by atoms with van der Waals surface area (Å²) in [7, 11) is 0. The average molecular weight is 317 g/mol. The number of rotatable bonds is 4. The van der Waals surface area contributed by atoms with Gasteiger partial charge in [-0.15, -0.1) is 0 Å². The van der Waals surface area contributed by atoms with Crippen molar-refractivity contribution in [2.24, 2.45) is 0 Å². The van der Waals surface area contributed by atoms with E-state index >= 15 is 0 Å². The SMILES string of the molecule is O=C1CC(Oc2cccc(C(=O)c3ccc(Cl)cc3)c2)CO1. The predicted octanol–water partition coefficient (Wildman–Crippen LogP) is 3.27. The molecule has 1 heterocycles. The van der Waals surface area contributed by atoms with E-state index in [2.05, 4.69) is 0 Å². The van der Waals surface area contributed by atoms with E-state index in [1.165, 1.54) is 0 Å². The van der Waals surface area contributed by atoms with Crippen molar-refractivity contribution in [2.45, 2.75) is 12.5 Å². The van der Waals surface area contributed by atoms with E-state index in [4.69, 9.17) is 21.1 Å². The molecule has 0 aliphatic carbocycles. The molecule has 1 unspecified atom stereocenters. The summed E-state index contributed by atoms with van der Waals surface area (Å²) in [6.45, 7) is 0.244. The molecule has 0 radical (unpaired) electrons. The second kappa shape index (κ2) is 6.20. The number of esters is 1. The van der Waals surface area contributed by atoms with Crippen molar-refractivity contribution in [3.05, 3.63) is 64.7 Å². The number of hydrogen-bond donors (Lipinski definition) is 0. The van der Waals surface area contributed by atoms with Gasteiger partial charge in [0.1, 0.15) is 18.5 Å². The van der Waals surface area contributed by atoms with Gasteiger partial charge < -0.3 is 9.47 Å². The quantitative estimate of drug-likeness (QED) is 0.641. The van der Waals surface area contributed by atoms with Gasteiger partial charge in [-0.2, -0.15) is 0 Å². The van der Waals surface area contributed by atoms with E-state index in [0.717, 1.165) is 0 Å². The molecule has 0 amide bonds. The minimum atomic E-state index is -0.298.